The van der Waals surface area contributed by atoms with Crippen LogP contribution in [0.15, 0.2) is 36.4 Å². The van der Waals surface area contributed by atoms with E-state index in [0.29, 0.717) is 13.0 Å². The molecule has 3 aromatic rings. The lowest BCUT2D eigenvalue weighted by Crippen LogP contribution is -2.38. The van der Waals surface area contributed by atoms with Crippen molar-refractivity contribution in [1.82, 2.24) is 4.98 Å². The second kappa shape index (κ2) is 9.14. The van der Waals surface area contributed by atoms with Crippen molar-refractivity contribution in [2.75, 3.05) is 25.2 Å². The molecule has 1 unspecified atom stereocenters. The Morgan fingerprint density at radius 1 is 1.33 bits per heavy atom. The molecule has 2 heterocycles. The zero-order valence-corrected chi connectivity index (χ0v) is 18.6. The summed E-state index contributed by atoms with van der Waals surface area (Å²) in [6, 6.07) is 12.2. The molecule has 0 N–H and O–H groups in total. The van der Waals surface area contributed by atoms with Crippen molar-refractivity contribution in [2.24, 2.45) is 0 Å². The Hall–Kier alpha value is -2.44. The molecule has 0 spiro atoms. The minimum Gasteiger partial charge on any atom is -0.496 e. The number of nitrogens with zero attached hydrogens (tertiary/aromatic N) is 2. The molecule has 1 atom stereocenters. The zero-order chi connectivity index (χ0) is 21.1. The van der Waals surface area contributed by atoms with E-state index in [1.165, 1.54) is 5.56 Å². The summed E-state index contributed by atoms with van der Waals surface area (Å²) >= 11 is 1.58. The van der Waals surface area contributed by atoms with Crippen LogP contribution in [-0.4, -0.2) is 37.3 Å². The molecule has 1 aliphatic rings. The number of anilines is 1. The van der Waals surface area contributed by atoms with Crippen LogP contribution in [0.5, 0.6) is 5.75 Å². The largest absolute Gasteiger partial charge is 0.496 e. The molecule has 30 heavy (non-hydrogen) atoms. The predicted octanol–water partition coefficient (Wildman–Crippen LogP) is 4.93. The van der Waals surface area contributed by atoms with E-state index in [0.717, 1.165) is 58.1 Å². The fourth-order valence-corrected chi connectivity index (χ4v) is 5.03. The van der Waals surface area contributed by atoms with Crippen LogP contribution < -0.4 is 9.64 Å². The smallest absolute Gasteiger partial charge is 0.233 e. The molecule has 0 radical (unpaired) electrons. The second-order valence-electron chi connectivity index (χ2n) is 7.73. The average Bonchev–Trinajstić information content (AvgIpc) is 3.41. The van der Waals surface area contributed by atoms with Gasteiger partial charge in [-0.25, -0.2) is 4.98 Å². The standard InChI is InChI=1S/C24H28N2O3S/c1-4-18-7-5-9-21-23(18)25-24(30-21)26(15-19-8-6-12-29-19)22(27)14-17-10-11-20(28-3)16(2)13-17/h5,7,9-11,13,19H,4,6,8,12,14-15H2,1-3H3. The number of carbonyl (C=O) groups is 1. The van der Waals surface area contributed by atoms with Gasteiger partial charge in [0.25, 0.3) is 0 Å². The van der Waals surface area contributed by atoms with Crippen molar-refractivity contribution in [1.29, 1.82) is 0 Å². The van der Waals surface area contributed by atoms with Crippen LogP contribution in [0.1, 0.15) is 36.5 Å². The first-order chi connectivity index (χ1) is 14.6. The van der Waals surface area contributed by atoms with Gasteiger partial charge in [0.05, 0.1) is 36.4 Å². The number of hydrogen-bond acceptors (Lipinski definition) is 5. The maximum atomic E-state index is 13.4. The van der Waals surface area contributed by atoms with E-state index in [2.05, 4.69) is 25.1 Å². The minimum absolute atomic E-state index is 0.0483. The normalized spacial score (nSPS) is 16.2. The third-order valence-electron chi connectivity index (χ3n) is 5.63. The lowest BCUT2D eigenvalue weighted by atomic mass is 10.1. The van der Waals surface area contributed by atoms with E-state index in [9.17, 15) is 4.79 Å². The van der Waals surface area contributed by atoms with E-state index in [-0.39, 0.29) is 12.0 Å². The molecule has 0 aliphatic carbocycles. The highest BCUT2D eigenvalue weighted by atomic mass is 32.1. The summed E-state index contributed by atoms with van der Waals surface area (Å²) < 4.78 is 12.3. The SMILES string of the molecule is CCc1cccc2sc(N(CC3CCCO3)C(=O)Cc3ccc(OC)c(C)c3)nc12. The van der Waals surface area contributed by atoms with Crippen LogP contribution in [0.2, 0.25) is 0 Å². The number of aromatic nitrogens is 1. The number of para-hydroxylation sites is 1. The van der Waals surface area contributed by atoms with Gasteiger partial charge in [0.15, 0.2) is 5.13 Å². The van der Waals surface area contributed by atoms with Crippen LogP contribution in [0.4, 0.5) is 5.13 Å². The molecule has 0 saturated carbocycles. The van der Waals surface area contributed by atoms with Crippen molar-refractivity contribution in [3.63, 3.8) is 0 Å². The first-order valence-corrected chi connectivity index (χ1v) is 11.3. The van der Waals surface area contributed by atoms with Gasteiger partial charge in [0.2, 0.25) is 5.91 Å². The number of amides is 1. The Balaban J connectivity index is 1.64. The maximum Gasteiger partial charge on any atom is 0.233 e. The Labute approximate surface area is 181 Å². The number of aryl methyl sites for hydroxylation is 2. The molecule has 1 aromatic heterocycles. The summed E-state index contributed by atoms with van der Waals surface area (Å²) in [5.41, 5.74) is 4.22. The van der Waals surface area contributed by atoms with Gasteiger partial charge in [-0.05, 0) is 55.0 Å². The molecule has 6 heteroatoms. The number of fused-ring (bicyclic) bond motifs is 1. The summed E-state index contributed by atoms with van der Waals surface area (Å²) in [5, 5.41) is 0.761. The van der Waals surface area contributed by atoms with Crippen LogP contribution in [0.3, 0.4) is 0 Å². The molecule has 5 nitrogen and oxygen atoms in total. The summed E-state index contributed by atoms with van der Waals surface area (Å²) in [6.45, 7) is 5.45. The minimum atomic E-state index is 0.0483. The molecular weight excluding hydrogens is 396 g/mol. The highest BCUT2D eigenvalue weighted by Gasteiger charge is 2.26. The van der Waals surface area contributed by atoms with E-state index < -0.39 is 0 Å². The van der Waals surface area contributed by atoms with Crippen molar-refractivity contribution >= 4 is 32.6 Å². The lowest BCUT2D eigenvalue weighted by Gasteiger charge is -2.23. The molecule has 1 fully saturated rings. The molecule has 0 bridgehead atoms. The number of hydrogen-bond donors (Lipinski definition) is 0. The summed E-state index contributed by atoms with van der Waals surface area (Å²) in [7, 11) is 1.66. The van der Waals surface area contributed by atoms with E-state index >= 15 is 0 Å². The molecule has 4 rings (SSSR count). The van der Waals surface area contributed by atoms with Gasteiger partial charge in [0, 0.05) is 6.61 Å². The Morgan fingerprint density at radius 3 is 2.90 bits per heavy atom. The Kier molecular flexibility index (Phi) is 6.35. The fraction of sp³-hybridized carbons (Fsp3) is 0.417. The summed E-state index contributed by atoms with van der Waals surface area (Å²) in [6.07, 6.45) is 3.35. The monoisotopic (exact) mass is 424 g/mol. The van der Waals surface area contributed by atoms with Crippen LogP contribution in [0, 0.1) is 6.92 Å². The van der Waals surface area contributed by atoms with Gasteiger partial charge in [-0.3, -0.25) is 9.69 Å². The fourth-order valence-electron chi connectivity index (χ4n) is 3.99. The van der Waals surface area contributed by atoms with Crippen LogP contribution >= 0.6 is 11.3 Å². The topological polar surface area (TPSA) is 51.7 Å². The van der Waals surface area contributed by atoms with Gasteiger partial charge < -0.3 is 9.47 Å². The molecule has 2 aromatic carbocycles. The molecular formula is C24H28N2O3S. The molecule has 158 valence electrons. The van der Waals surface area contributed by atoms with Crippen LogP contribution in [0.25, 0.3) is 10.2 Å². The van der Waals surface area contributed by atoms with Crippen molar-refractivity contribution < 1.29 is 14.3 Å². The number of carbonyl (C=O) groups excluding carboxylic acids is 1. The van der Waals surface area contributed by atoms with E-state index in [1.807, 2.05) is 30.0 Å². The third-order valence-corrected chi connectivity index (χ3v) is 6.67. The lowest BCUT2D eigenvalue weighted by molar-refractivity contribution is -0.118. The number of ether oxygens (including phenoxy) is 2. The van der Waals surface area contributed by atoms with Gasteiger partial charge in [-0.15, -0.1) is 0 Å². The maximum absolute atomic E-state index is 13.4. The average molecular weight is 425 g/mol. The Morgan fingerprint density at radius 2 is 2.20 bits per heavy atom. The zero-order valence-electron chi connectivity index (χ0n) is 17.8. The first kappa shape index (κ1) is 20.8. The van der Waals surface area contributed by atoms with Gasteiger partial charge in [-0.2, -0.15) is 0 Å². The molecule has 1 aliphatic heterocycles. The Bertz CT molecular complexity index is 1040. The van der Waals surface area contributed by atoms with Gasteiger partial charge >= 0.3 is 0 Å². The van der Waals surface area contributed by atoms with Gasteiger partial charge in [0.1, 0.15) is 5.75 Å². The summed E-state index contributed by atoms with van der Waals surface area (Å²) in [4.78, 5) is 20.1. The van der Waals surface area contributed by atoms with E-state index in [4.69, 9.17) is 14.5 Å². The van der Waals surface area contributed by atoms with Crippen molar-refractivity contribution in [2.45, 2.75) is 45.6 Å². The van der Waals surface area contributed by atoms with Gasteiger partial charge in [-0.1, -0.05) is 42.5 Å². The number of rotatable bonds is 7. The number of thiazole rings is 1. The quantitative estimate of drug-likeness (QED) is 0.540. The van der Waals surface area contributed by atoms with Crippen molar-refractivity contribution in [3.05, 3.63) is 53.1 Å². The van der Waals surface area contributed by atoms with E-state index in [1.54, 1.807) is 18.4 Å². The van der Waals surface area contributed by atoms with Crippen LogP contribution in [-0.2, 0) is 22.4 Å². The number of benzene rings is 2. The highest BCUT2D eigenvalue weighted by molar-refractivity contribution is 7.22. The molecule has 1 saturated heterocycles. The highest BCUT2D eigenvalue weighted by Crippen LogP contribution is 2.32. The van der Waals surface area contributed by atoms with Crippen molar-refractivity contribution in [3.8, 4) is 5.75 Å². The third kappa shape index (κ3) is 4.35. The first-order valence-electron chi connectivity index (χ1n) is 10.5. The molecule has 1 amide bonds. The predicted molar refractivity (Wildman–Crippen MR) is 122 cm³/mol. The number of methoxy groups -OCH3 is 1. The second-order valence-corrected chi connectivity index (χ2v) is 8.74. The summed E-state index contributed by atoms with van der Waals surface area (Å²) in [5.74, 6) is 0.882.